The average molecular weight is 308 g/mol. The summed E-state index contributed by atoms with van der Waals surface area (Å²) in [5.41, 5.74) is 0.547. The second-order valence-electron chi connectivity index (χ2n) is 4.03. The highest BCUT2D eigenvalue weighted by Gasteiger charge is 2.15. The maximum absolute atomic E-state index is 11.3. The molecule has 0 fully saturated rings. The Hall–Kier alpha value is -1.85. The SMILES string of the molecule is CC(=O)c1ccc(Sc2ccccc2[N+](=O)[O-])c(Cl)c1. The first-order valence-corrected chi connectivity index (χ1v) is 6.90. The minimum Gasteiger partial charge on any atom is -0.295 e. The Morgan fingerprint density at radius 2 is 1.90 bits per heavy atom. The molecule has 0 bridgehead atoms. The summed E-state index contributed by atoms with van der Waals surface area (Å²) < 4.78 is 0. The second-order valence-corrected chi connectivity index (χ2v) is 5.52. The van der Waals surface area contributed by atoms with Crippen molar-refractivity contribution >= 4 is 34.8 Å². The summed E-state index contributed by atoms with van der Waals surface area (Å²) in [5.74, 6) is -0.0749. The van der Waals surface area contributed by atoms with Crippen LogP contribution in [-0.4, -0.2) is 10.7 Å². The predicted molar refractivity (Wildman–Crippen MR) is 78.7 cm³/mol. The third-order valence-electron chi connectivity index (χ3n) is 2.62. The summed E-state index contributed by atoms with van der Waals surface area (Å²) in [5, 5.41) is 11.4. The molecular formula is C14H10ClNO3S. The average Bonchev–Trinajstić information content (AvgIpc) is 2.41. The van der Waals surface area contributed by atoms with Crippen molar-refractivity contribution in [3.8, 4) is 0 Å². The van der Waals surface area contributed by atoms with Crippen molar-refractivity contribution in [2.24, 2.45) is 0 Å². The minimum atomic E-state index is -0.430. The molecule has 0 heterocycles. The van der Waals surface area contributed by atoms with Crippen LogP contribution in [0.2, 0.25) is 5.02 Å². The number of nitrogens with zero attached hydrogens (tertiary/aromatic N) is 1. The van der Waals surface area contributed by atoms with E-state index in [-0.39, 0.29) is 11.5 Å². The molecule has 0 unspecified atom stereocenters. The van der Waals surface area contributed by atoms with Gasteiger partial charge in [-0.05, 0) is 25.1 Å². The van der Waals surface area contributed by atoms with Crippen LogP contribution in [0.15, 0.2) is 52.3 Å². The van der Waals surface area contributed by atoms with Crippen molar-refractivity contribution in [3.63, 3.8) is 0 Å². The number of nitro benzene ring substituents is 1. The van der Waals surface area contributed by atoms with Gasteiger partial charge in [-0.1, -0.05) is 41.6 Å². The summed E-state index contributed by atoms with van der Waals surface area (Å²) >= 11 is 7.32. The van der Waals surface area contributed by atoms with E-state index >= 15 is 0 Å². The molecule has 2 rings (SSSR count). The molecule has 0 saturated heterocycles. The van der Waals surface area contributed by atoms with Gasteiger partial charge in [0.2, 0.25) is 0 Å². The molecule has 0 amide bonds. The molecule has 0 N–H and O–H groups in total. The van der Waals surface area contributed by atoms with Gasteiger partial charge in [0, 0.05) is 16.5 Å². The fourth-order valence-electron chi connectivity index (χ4n) is 1.62. The maximum Gasteiger partial charge on any atom is 0.283 e. The van der Waals surface area contributed by atoms with Crippen LogP contribution in [0.1, 0.15) is 17.3 Å². The number of benzene rings is 2. The lowest BCUT2D eigenvalue weighted by Crippen LogP contribution is -1.92. The number of hydrogen-bond acceptors (Lipinski definition) is 4. The quantitative estimate of drug-likeness (QED) is 0.470. The zero-order valence-electron chi connectivity index (χ0n) is 10.5. The predicted octanol–water partition coefficient (Wildman–Crippen LogP) is 4.60. The van der Waals surface area contributed by atoms with Gasteiger partial charge in [-0.15, -0.1) is 0 Å². The molecule has 0 atom stereocenters. The molecular weight excluding hydrogens is 298 g/mol. The topological polar surface area (TPSA) is 60.2 Å². The second kappa shape index (κ2) is 6.07. The van der Waals surface area contributed by atoms with E-state index in [9.17, 15) is 14.9 Å². The Kier molecular flexibility index (Phi) is 4.42. The van der Waals surface area contributed by atoms with Crippen LogP contribution < -0.4 is 0 Å². The van der Waals surface area contributed by atoms with Crippen LogP contribution in [-0.2, 0) is 0 Å². The van der Waals surface area contributed by atoms with Gasteiger partial charge in [0.25, 0.3) is 5.69 Å². The number of carbonyl (C=O) groups excluding carboxylic acids is 1. The first kappa shape index (κ1) is 14.6. The summed E-state index contributed by atoms with van der Waals surface area (Å²) in [6, 6.07) is 11.4. The normalized spacial score (nSPS) is 10.3. The van der Waals surface area contributed by atoms with E-state index in [4.69, 9.17) is 11.6 Å². The standard InChI is InChI=1S/C14H10ClNO3S/c1-9(17)10-6-7-13(11(15)8-10)20-14-5-3-2-4-12(14)16(18)19/h2-8H,1H3. The summed E-state index contributed by atoms with van der Waals surface area (Å²) in [4.78, 5) is 23.0. The molecule has 0 aromatic heterocycles. The van der Waals surface area contributed by atoms with Gasteiger partial charge in [-0.25, -0.2) is 0 Å². The molecule has 0 radical (unpaired) electrons. The van der Waals surface area contributed by atoms with E-state index < -0.39 is 4.92 Å². The molecule has 0 aliphatic rings. The van der Waals surface area contributed by atoms with Gasteiger partial charge >= 0.3 is 0 Å². The lowest BCUT2D eigenvalue weighted by atomic mass is 10.1. The Balaban J connectivity index is 2.36. The molecule has 6 heteroatoms. The van der Waals surface area contributed by atoms with E-state index in [0.717, 1.165) is 0 Å². The molecule has 4 nitrogen and oxygen atoms in total. The highest BCUT2D eigenvalue weighted by Crippen LogP contribution is 2.38. The van der Waals surface area contributed by atoms with Crippen LogP contribution in [0, 0.1) is 10.1 Å². The van der Waals surface area contributed by atoms with E-state index in [2.05, 4.69) is 0 Å². The fourth-order valence-corrected chi connectivity index (χ4v) is 2.83. The molecule has 0 saturated carbocycles. The Labute approximate surface area is 124 Å². The number of ketones is 1. The molecule has 102 valence electrons. The summed E-state index contributed by atoms with van der Waals surface area (Å²) in [7, 11) is 0. The Morgan fingerprint density at radius 1 is 1.20 bits per heavy atom. The number of hydrogen-bond donors (Lipinski definition) is 0. The van der Waals surface area contributed by atoms with Gasteiger partial charge in [0.1, 0.15) is 0 Å². The monoisotopic (exact) mass is 307 g/mol. The maximum atomic E-state index is 11.3. The highest BCUT2D eigenvalue weighted by atomic mass is 35.5. The van der Waals surface area contributed by atoms with Crippen molar-refractivity contribution in [3.05, 3.63) is 63.2 Å². The Bertz CT molecular complexity index is 688. The van der Waals surface area contributed by atoms with Gasteiger partial charge < -0.3 is 0 Å². The van der Waals surface area contributed by atoms with Gasteiger partial charge in [0.05, 0.1) is 14.8 Å². The van der Waals surface area contributed by atoms with Crippen molar-refractivity contribution in [2.75, 3.05) is 0 Å². The molecule has 2 aromatic carbocycles. The fraction of sp³-hybridized carbons (Fsp3) is 0.0714. The Morgan fingerprint density at radius 3 is 2.50 bits per heavy atom. The first-order chi connectivity index (χ1) is 9.49. The van der Waals surface area contributed by atoms with Crippen LogP contribution in [0.3, 0.4) is 0 Å². The van der Waals surface area contributed by atoms with Gasteiger partial charge in [-0.3, -0.25) is 14.9 Å². The number of para-hydroxylation sites is 1. The lowest BCUT2D eigenvalue weighted by Gasteiger charge is -2.06. The zero-order valence-corrected chi connectivity index (χ0v) is 12.1. The molecule has 0 spiro atoms. The van der Waals surface area contributed by atoms with Crippen molar-refractivity contribution in [1.29, 1.82) is 0 Å². The number of carbonyl (C=O) groups is 1. The number of Topliss-reactive ketones (excluding diaryl/α,β-unsaturated/α-hetero) is 1. The lowest BCUT2D eigenvalue weighted by molar-refractivity contribution is -0.387. The molecule has 0 aliphatic heterocycles. The molecule has 20 heavy (non-hydrogen) atoms. The third kappa shape index (κ3) is 3.18. The molecule has 2 aromatic rings. The van der Waals surface area contributed by atoms with E-state index in [1.807, 2.05) is 0 Å². The summed E-state index contributed by atoms with van der Waals surface area (Å²) in [6.07, 6.45) is 0. The van der Waals surface area contributed by atoms with Crippen molar-refractivity contribution < 1.29 is 9.72 Å². The molecule has 0 aliphatic carbocycles. The third-order valence-corrected chi connectivity index (χ3v) is 4.19. The smallest absolute Gasteiger partial charge is 0.283 e. The van der Waals surface area contributed by atoms with Crippen LogP contribution in [0.5, 0.6) is 0 Å². The van der Waals surface area contributed by atoms with Crippen molar-refractivity contribution in [2.45, 2.75) is 16.7 Å². The van der Waals surface area contributed by atoms with Crippen molar-refractivity contribution in [1.82, 2.24) is 0 Å². The van der Waals surface area contributed by atoms with E-state index in [0.29, 0.717) is 20.4 Å². The number of nitro groups is 1. The number of halogens is 1. The van der Waals surface area contributed by atoms with E-state index in [1.54, 1.807) is 36.4 Å². The highest BCUT2D eigenvalue weighted by molar-refractivity contribution is 7.99. The van der Waals surface area contributed by atoms with Gasteiger partial charge in [-0.2, -0.15) is 0 Å². The van der Waals surface area contributed by atoms with Crippen LogP contribution >= 0.6 is 23.4 Å². The van der Waals surface area contributed by atoms with E-state index in [1.165, 1.54) is 24.8 Å². The van der Waals surface area contributed by atoms with Crippen LogP contribution in [0.25, 0.3) is 0 Å². The van der Waals surface area contributed by atoms with Gasteiger partial charge in [0.15, 0.2) is 5.78 Å². The first-order valence-electron chi connectivity index (χ1n) is 5.71. The summed E-state index contributed by atoms with van der Waals surface area (Å²) in [6.45, 7) is 1.46. The van der Waals surface area contributed by atoms with Crippen LogP contribution in [0.4, 0.5) is 5.69 Å². The number of rotatable bonds is 4. The minimum absolute atomic E-state index is 0.0317. The zero-order chi connectivity index (χ0) is 14.7. The largest absolute Gasteiger partial charge is 0.295 e.